The molecule has 0 atom stereocenters. The SMILES string of the molecule is CNC(=O)c1c(-c2ccc(F)cc2)oc2ccc(-c3cccc(C4=NCCO4)c3)cc12. The molecule has 4 aromatic rings. The third-order valence-corrected chi connectivity index (χ3v) is 5.28. The van der Waals surface area contributed by atoms with Gasteiger partial charge in [-0.25, -0.2) is 9.38 Å². The van der Waals surface area contributed by atoms with Crippen LogP contribution in [0.5, 0.6) is 0 Å². The summed E-state index contributed by atoms with van der Waals surface area (Å²) >= 11 is 0. The first-order valence-electron chi connectivity index (χ1n) is 9.96. The van der Waals surface area contributed by atoms with Crippen molar-refractivity contribution in [3.05, 3.63) is 83.7 Å². The van der Waals surface area contributed by atoms with Crippen LogP contribution in [0.15, 0.2) is 76.1 Å². The Morgan fingerprint density at radius 2 is 1.71 bits per heavy atom. The fourth-order valence-electron chi connectivity index (χ4n) is 3.77. The number of benzene rings is 3. The molecule has 154 valence electrons. The zero-order valence-electron chi connectivity index (χ0n) is 16.8. The third kappa shape index (κ3) is 3.46. The van der Waals surface area contributed by atoms with Crippen LogP contribution in [0.25, 0.3) is 33.4 Å². The number of fused-ring (bicyclic) bond motifs is 1. The lowest BCUT2D eigenvalue weighted by atomic mass is 9.99. The van der Waals surface area contributed by atoms with Gasteiger partial charge in [-0.1, -0.05) is 18.2 Å². The van der Waals surface area contributed by atoms with E-state index >= 15 is 0 Å². The van der Waals surface area contributed by atoms with Gasteiger partial charge < -0.3 is 14.5 Å². The number of furan rings is 1. The molecule has 3 aromatic carbocycles. The van der Waals surface area contributed by atoms with Crippen LogP contribution in [0.3, 0.4) is 0 Å². The highest BCUT2D eigenvalue weighted by Gasteiger charge is 2.22. The molecule has 1 aliphatic heterocycles. The predicted molar refractivity (Wildman–Crippen MR) is 118 cm³/mol. The van der Waals surface area contributed by atoms with Gasteiger partial charge in [0.25, 0.3) is 5.91 Å². The Hall–Kier alpha value is -3.93. The van der Waals surface area contributed by atoms with Gasteiger partial charge in [-0.2, -0.15) is 0 Å². The fraction of sp³-hybridized carbons (Fsp3) is 0.120. The van der Waals surface area contributed by atoms with E-state index < -0.39 is 0 Å². The maximum absolute atomic E-state index is 13.4. The van der Waals surface area contributed by atoms with E-state index in [2.05, 4.69) is 10.3 Å². The number of carbonyl (C=O) groups is 1. The second kappa shape index (κ2) is 7.72. The average Bonchev–Trinajstić information content (AvgIpc) is 3.47. The number of nitrogens with zero attached hydrogens (tertiary/aromatic N) is 1. The van der Waals surface area contributed by atoms with E-state index in [1.165, 1.54) is 12.1 Å². The highest BCUT2D eigenvalue weighted by Crippen LogP contribution is 2.36. The number of halogens is 1. The average molecular weight is 414 g/mol. The molecule has 31 heavy (non-hydrogen) atoms. The quantitative estimate of drug-likeness (QED) is 0.509. The van der Waals surface area contributed by atoms with E-state index in [-0.39, 0.29) is 11.7 Å². The summed E-state index contributed by atoms with van der Waals surface area (Å²) in [6, 6.07) is 19.6. The first kappa shape index (κ1) is 19.1. The molecule has 0 aliphatic carbocycles. The number of amides is 1. The lowest BCUT2D eigenvalue weighted by Crippen LogP contribution is -2.18. The molecule has 1 aliphatic rings. The van der Waals surface area contributed by atoms with E-state index in [9.17, 15) is 9.18 Å². The highest BCUT2D eigenvalue weighted by atomic mass is 19.1. The van der Waals surface area contributed by atoms with Gasteiger partial charge in [0.05, 0.1) is 12.1 Å². The van der Waals surface area contributed by atoms with Gasteiger partial charge in [0, 0.05) is 23.6 Å². The second-order valence-electron chi connectivity index (χ2n) is 7.22. The van der Waals surface area contributed by atoms with E-state index in [1.54, 1.807) is 19.2 Å². The zero-order chi connectivity index (χ0) is 21.4. The van der Waals surface area contributed by atoms with Crippen molar-refractivity contribution in [3.63, 3.8) is 0 Å². The van der Waals surface area contributed by atoms with Crippen LogP contribution in [-0.4, -0.2) is 32.0 Å². The van der Waals surface area contributed by atoms with Crippen molar-refractivity contribution < 1.29 is 18.3 Å². The second-order valence-corrected chi connectivity index (χ2v) is 7.22. The molecule has 1 aromatic heterocycles. The Morgan fingerprint density at radius 3 is 2.45 bits per heavy atom. The summed E-state index contributed by atoms with van der Waals surface area (Å²) in [4.78, 5) is 17.1. The topological polar surface area (TPSA) is 63.8 Å². The van der Waals surface area contributed by atoms with Crippen molar-refractivity contribution in [3.8, 4) is 22.5 Å². The molecule has 0 radical (unpaired) electrons. The Labute approximate surface area is 178 Å². The van der Waals surface area contributed by atoms with Crippen molar-refractivity contribution in [2.45, 2.75) is 0 Å². The smallest absolute Gasteiger partial charge is 0.255 e. The van der Waals surface area contributed by atoms with Crippen LogP contribution in [-0.2, 0) is 4.74 Å². The van der Waals surface area contributed by atoms with Crippen LogP contribution in [0.1, 0.15) is 15.9 Å². The van der Waals surface area contributed by atoms with Crippen LogP contribution in [0.4, 0.5) is 4.39 Å². The molecule has 0 spiro atoms. The van der Waals surface area contributed by atoms with Gasteiger partial charge in [0.2, 0.25) is 5.90 Å². The highest BCUT2D eigenvalue weighted by molar-refractivity contribution is 6.11. The van der Waals surface area contributed by atoms with Gasteiger partial charge in [-0.15, -0.1) is 0 Å². The fourth-order valence-corrected chi connectivity index (χ4v) is 3.77. The Kier molecular flexibility index (Phi) is 4.75. The Balaban J connectivity index is 1.65. The Bertz CT molecular complexity index is 1320. The monoisotopic (exact) mass is 414 g/mol. The molecule has 0 bridgehead atoms. The summed E-state index contributed by atoms with van der Waals surface area (Å²) in [5, 5.41) is 3.37. The number of hydrogen-bond acceptors (Lipinski definition) is 4. The van der Waals surface area contributed by atoms with Crippen molar-refractivity contribution in [2.24, 2.45) is 4.99 Å². The molecule has 2 heterocycles. The molecule has 1 amide bonds. The Morgan fingerprint density at radius 1 is 0.968 bits per heavy atom. The predicted octanol–water partition coefficient (Wildman–Crippen LogP) is 5.04. The zero-order valence-corrected chi connectivity index (χ0v) is 16.8. The molecule has 5 nitrogen and oxygen atoms in total. The van der Waals surface area contributed by atoms with E-state index in [0.29, 0.717) is 46.9 Å². The number of carbonyl (C=O) groups excluding carboxylic acids is 1. The van der Waals surface area contributed by atoms with Gasteiger partial charge in [0.15, 0.2) is 0 Å². The van der Waals surface area contributed by atoms with E-state index in [1.807, 2.05) is 42.5 Å². The number of aliphatic imine (C=N–C) groups is 1. The van der Waals surface area contributed by atoms with Crippen molar-refractivity contribution in [2.75, 3.05) is 20.2 Å². The van der Waals surface area contributed by atoms with E-state index in [4.69, 9.17) is 9.15 Å². The minimum absolute atomic E-state index is 0.266. The lowest BCUT2D eigenvalue weighted by molar-refractivity contribution is 0.0964. The molecule has 0 saturated carbocycles. The van der Waals surface area contributed by atoms with Gasteiger partial charge in [-0.3, -0.25) is 4.79 Å². The van der Waals surface area contributed by atoms with Crippen LogP contribution in [0, 0.1) is 5.82 Å². The third-order valence-electron chi connectivity index (χ3n) is 5.28. The van der Waals surface area contributed by atoms with Crippen LogP contribution < -0.4 is 5.32 Å². The number of hydrogen-bond donors (Lipinski definition) is 1. The summed E-state index contributed by atoms with van der Waals surface area (Å²) in [6.45, 7) is 1.27. The molecule has 5 rings (SSSR count). The van der Waals surface area contributed by atoms with Crippen LogP contribution >= 0.6 is 0 Å². The molecule has 0 fully saturated rings. The molecular weight excluding hydrogens is 395 g/mol. The first-order valence-corrected chi connectivity index (χ1v) is 9.96. The van der Waals surface area contributed by atoms with Gasteiger partial charge in [-0.05, 0) is 59.7 Å². The molecule has 1 N–H and O–H groups in total. The van der Waals surface area contributed by atoms with E-state index in [0.717, 1.165) is 16.7 Å². The molecular formula is C25H19FN2O3. The van der Waals surface area contributed by atoms with Crippen molar-refractivity contribution in [1.82, 2.24) is 5.32 Å². The number of rotatable bonds is 4. The summed E-state index contributed by atoms with van der Waals surface area (Å²) in [5.41, 5.74) is 4.47. The largest absolute Gasteiger partial charge is 0.476 e. The summed E-state index contributed by atoms with van der Waals surface area (Å²) in [7, 11) is 1.57. The summed E-state index contributed by atoms with van der Waals surface area (Å²) < 4.78 is 25.0. The first-order chi connectivity index (χ1) is 15.1. The normalized spacial score (nSPS) is 13.2. The molecule has 0 saturated heterocycles. The minimum Gasteiger partial charge on any atom is -0.476 e. The maximum Gasteiger partial charge on any atom is 0.255 e. The maximum atomic E-state index is 13.4. The summed E-state index contributed by atoms with van der Waals surface area (Å²) in [5.74, 6) is 0.446. The number of nitrogens with one attached hydrogen (secondary N) is 1. The lowest BCUT2D eigenvalue weighted by Gasteiger charge is -2.06. The van der Waals surface area contributed by atoms with Gasteiger partial charge >= 0.3 is 0 Å². The van der Waals surface area contributed by atoms with Crippen molar-refractivity contribution in [1.29, 1.82) is 0 Å². The van der Waals surface area contributed by atoms with Crippen molar-refractivity contribution >= 4 is 22.8 Å². The summed E-state index contributed by atoms with van der Waals surface area (Å²) in [6.07, 6.45) is 0. The number of ether oxygens (including phenoxy) is 1. The molecule has 0 unspecified atom stereocenters. The molecule has 6 heteroatoms. The minimum atomic E-state index is -0.348. The standard InChI is InChI=1S/C25H19FN2O3/c1-27-24(29)22-20-14-17(16-3-2-4-18(13-16)25-28-11-12-30-25)7-10-21(20)31-23(22)15-5-8-19(26)9-6-15/h2-10,13-14H,11-12H2,1H3,(H,27,29). The van der Waals surface area contributed by atoms with Gasteiger partial charge in [0.1, 0.15) is 23.8 Å². The van der Waals surface area contributed by atoms with Crippen LogP contribution in [0.2, 0.25) is 0 Å².